The Morgan fingerprint density at radius 2 is 2.12 bits per heavy atom. The van der Waals surface area contributed by atoms with Gasteiger partial charge < -0.3 is 5.32 Å². The van der Waals surface area contributed by atoms with Gasteiger partial charge in [-0.05, 0) is 30.0 Å². The highest BCUT2D eigenvalue weighted by molar-refractivity contribution is 7.99. The molecule has 2 unspecified atom stereocenters. The lowest BCUT2D eigenvalue weighted by Gasteiger charge is -2.18. The molecule has 3 rings (SSSR count). The predicted octanol–water partition coefficient (Wildman–Crippen LogP) is 4.25. The van der Waals surface area contributed by atoms with Gasteiger partial charge in [0.15, 0.2) is 0 Å². The van der Waals surface area contributed by atoms with Gasteiger partial charge in [-0.1, -0.05) is 24.3 Å². The summed E-state index contributed by atoms with van der Waals surface area (Å²) in [6.45, 7) is 2.25. The number of benzene rings is 1. The maximum absolute atomic E-state index is 3.73. The monoisotopic (exact) mass is 261 g/mol. The van der Waals surface area contributed by atoms with E-state index in [4.69, 9.17) is 0 Å². The lowest BCUT2D eigenvalue weighted by atomic mass is 10.1. The standard InChI is InChI=1S/C14H15NS2/c1-10(13-7-4-8-16-13)15-12-9-17-14-6-3-2-5-11(12)14/h2-8,10,12,15H,9H2,1H3. The summed E-state index contributed by atoms with van der Waals surface area (Å²) in [4.78, 5) is 2.85. The minimum Gasteiger partial charge on any atom is -0.302 e. The quantitative estimate of drug-likeness (QED) is 0.886. The van der Waals surface area contributed by atoms with Crippen LogP contribution >= 0.6 is 23.1 Å². The van der Waals surface area contributed by atoms with Crippen molar-refractivity contribution in [1.29, 1.82) is 0 Å². The van der Waals surface area contributed by atoms with Crippen LogP contribution < -0.4 is 5.32 Å². The number of thiophene rings is 1. The van der Waals surface area contributed by atoms with Crippen molar-refractivity contribution in [3.63, 3.8) is 0 Å². The van der Waals surface area contributed by atoms with Crippen molar-refractivity contribution in [3.05, 3.63) is 52.2 Å². The molecule has 0 bridgehead atoms. The fourth-order valence-corrected chi connectivity index (χ4v) is 4.14. The molecule has 17 heavy (non-hydrogen) atoms. The third-order valence-electron chi connectivity index (χ3n) is 3.12. The topological polar surface area (TPSA) is 12.0 Å². The zero-order valence-corrected chi connectivity index (χ0v) is 11.4. The zero-order chi connectivity index (χ0) is 11.7. The van der Waals surface area contributed by atoms with E-state index in [1.54, 1.807) is 0 Å². The van der Waals surface area contributed by atoms with Crippen LogP contribution in [0.25, 0.3) is 0 Å². The van der Waals surface area contributed by atoms with E-state index in [0.29, 0.717) is 12.1 Å². The van der Waals surface area contributed by atoms with E-state index in [9.17, 15) is 0 Å². The molecule has 0 radical (unpaired) electrons. The summed E-state index contributed by atoms with van der Waals surface area (Å²) < 4.78 is 0. The second-order valence-corrected chi connectivity index (χ2v) is 6.35. The molecule has 0 saturated carbocycles. The van der Waals surface area contributed by atoms with Crippen molar-refractivity contribution in [1.82, 2.24) is 5.32 Å². The minimum atomic E-state index is 0.437. The summed E-state index contributed by atoms with van der Waals surface area (Å²) in [5.74, 6) is 1.15. The van der Waals surface area contributed by atoms with E-state index in [2.05, 4.69) is 54.0 Å². The number of fused-ring (bicyclic) bond motifs is 1. The molecule has 0 aliphatic carbocycles. The third-order valence-corrected chi connectivity index (χ3v) is 5.36. The summed E-state index contributed by atoms with van der Waals surface area (Å²) in [6, 6.07) is 14.0. The molecule has 1 aromatic heterocycles. The summed E-state index contributed by atoms with van der Waals surface area (Å²) in [6.07, 6.45) is 0. The van der Waals surface area contributed by atoms with Crippen LogP contribution in [0, 0.1) is 0 Å². The number of rotatable bonds is 3. The molecule has 1 aliphatic heterocycles. The first-order valence-corrected chi connectivity index (χ1v) is 7.72. The molecule has 1 aromatic carbocycles. The molecule has 2 aromatic rings. The minimum absolute atomic E-state index is 0.437. The fraction of sp³-hybridized carbons (Fsp3) is 0.286. The van der Waals surface area contributed by atoms with E-state index in [1.165, 1.54) is 15.3 Å². The second-order valence-electron chi connectivity index (χ2n) is 4.31. The number of hydrogen-bond acceptors (Lipinski definition) is 3. The van der Waals surface area contributed by atoms with Crippen LogP contribution in [-0.4, -0.2) is 5.75 Å². The highest BCUT2D eigenvalue weighted by Gasteiger charge is 2.24. The predicted molar refractivity (Wildman–Crippen MR) is 75.8 cm³/mol. The van der Waals surface area contributed by atoms with Gasteiger partial charge in [0, 0.05) is 27.6 Å². The van der Waals surface area contributed by atoms with E-state index in [-0.39, 0.29) is 0 Å². The van der Waals surface area contributed by atoms with Crippen molar-refractivity contribution in [2.75, 3.05) is 5.75 Å². The van der Waals surface area contributed by atoms with Gasteiger partial charge in [-0.15, -0.1) is 23.1 Å². The van der Waals surface area contributed by atoms with Gasteiger partial charge in [-0.2, -0.15) is 0 Å². The van der Waals surface area contributed by atoms with Gasteiger partial charge in [0.25, 0.3) is 0 Å². The molecule has 0 spiro atoms. The van der Waals surface area contributed by atoms with Crippen LogP contribution in [0.4, 0.5) is 0 Å². The van der Waals surface area contributed by atoms with E-state index in [0.717, 1.165) is 5.75 Å². The number of thioether (sulfide) groups is 1. The van der Waals surface area contributed by atoms with Crippen LogP contribution in [-0.2, 0) is 0 Å². The molecule has 1 aliphatic rings. The van der Waals surface area contributed by atoms with Crippen molar-refractivity contribution in [3.8, 4) is 0 Å². The molecule has 0 amide bonds. The van der Waals surface area contributed by atoms with Crippen molar-refractivity contribution >= 4 is 23.1 Å². The van der Waals surface area contributed by atoms with Crippen molar-refractivity contribution in [2.24, 2.45) is 0 Å². The summed E-state index contributed by atoms with van der Waals surface area (Å²) in [5.41, 5.74) is 1.46. The Kier molecular flexibility index (Phi) is 3.23. The van der Waals surface area contributed by atoms with Gasteiger partial charge in [0.2, 0.25) is 0 Å². The Morgan fingerprint density at radius 3 is 2.94 bits per heavy atom. The SMILES string of the molecule is CC(NC1CSc2ccccc21)c1cccs1. The molecule has 3 heteroatoms. The summed E-state index contributed by atoms with van der Waals surface area (Å²) in [5, 5.41) is 5.87. The molecular formula is C14H15NS2. The Labute approximate surface area is 110 Å². The Morgan fingerprint density at radius 1 is 1.24 bits per heavy atom. The molecule has 0 saturated heterocycles. The normalized spacial score (nSPS) is 20.2. The average Bonchev–Trinajstić information content (AvgIpc) is 2.98. The van der Waals surface area contributed by atoms with Crippen molar-refractivity contribution < 1.29 is 0 Å². The third kappa shape index (κ3) is 2.28. The van der Waals surface area contributed by atoms with E-state index >= 15 is 0 Å². The van der Waals surface area contributed by atoms with Gasteiger partial charge in [0.05, 0.1) is 0 Å². The second kappa shape index (κ2) is 4.84. The first-order valence-electron chi connectivity index (χ1n) is 5.86. The average molecular weight is 261 g/mol. The maximum Gasteiger partial charge on any atom is 0.0431 e. The lowest BCUT2D eigenvalue weighted by molar-refractivity contribution is 0.507. The number of hydrogen-bond donors (Lipinski definition) is 1. The lowest BCUT2D eigenvalue weighted by Crippen LogP contribution is -2.23. The van der Waals surface area contributed by atoms with Crippen molar-refractivity contribution in [2.45, 2.75) is 23.9 Å². The maximum atomic E-state index is 3.73. The highest BCUT2D eigenvalue weighted by Crippen LogP contribution is 2.39. The summed E-state index contributed by atoms with van der Waals surface area (Å²) in [7, 11) is 0. The molecule has 0 fully saturated rings. The molecule has 1 nitrogen and oxygen atoms in total. The van der Waals surface area contributed by atoms with E-state index in [1.807, 2.05) is 23.1 Å². The van der Waals surface area contributed by atoms with E-state index < -0.39 is 0 Å². The molecule has 88 valence electrons. The molecule has 1 N–H and O–H groups in total. The summed E-state index contributed by atoms with van der Waals surface area (Å²) >= 11 is 3.78. The Balaban J connectivity index is 1.75. The smallest absolute Gasteiger partial charge is 0.0431 e. The van der Waals surface area contributed by atoms with Crippen LogP contribution in [0.5, 0.6) is 0 Å². The van der Waals surface area contributed by atoms with Gasteiger partial charge in [-0.25, -0.2) is 0 Å². The Bertz CT molecular complexity index is 493. The highest BCUT2D eigenvalue weighted by atomic mass is 32.2. The fourth-order valence-electron chi connectivity index (χ4n) is 2.22. The van der Waals surface area contributed by atoms with Crippen LogP contribution in [0.3, 0.4) is 0 Å². The van der Waals surface area contributed by atoms with Crippen LogP contribution in [0.1, 0.15) is 29.4 Å². The first-order chi connectivity index (χ1) is 8.34. The number of nitrogens with one attached hydrogen (secondary N) is 1. The Hall–Kier alpha value is -0.770. The molecule has 2 atom stereocenters. The van der Waals surface area contributed by atoms with Crippen LogP contribution in [0.2, 0.25) is 0 Å². The molecular weight excluding hydrogens is 246 g/mol. The van der Waals surface area contributed by atoms with Gasteiger partial charge >= 0.3 is 0 Å². The molecule has 2 heterocycles. The van der Waals surface area contributed by atoms with Crippen LogP contribution in [0.15, 0.2) is 46.7 Å². The largest absolute Gasteiger partial charge is 0.302 e. The first kappa shape index (κ1) is 11.3. The van der Waals surface area contributed by atoms with Gasteiger partial charge in [-0.3, -0.25) is 0 Å². The van der Waals surface area contributed by atoms with Gasteiger partial charge in [0.1, 0.15) is 0 Å². The zero-order valence-electron chi connectivity index (χ0n) is 9.72.